The van der Waals surface area contributed by atoms with Gasteiger partial charge in [0.05, 0.1) is 10.8 Å². The smallest absolute Gasteiger partial charge is 0.231 e. The van der Waals surface area contributed by atoms with Gasteiger partial charge in [-0.15, -0.1) is 0 Å². The van der Waals surface area contributed by atoms with Crippen LogP contribution in [0.1, 0.15) is 38.5 Å². The zero-order valence-corrected chi connectivity index (χ0v) is 14.4. The second kappa shape index (κ2) is 4.82. The molecule has 1 heterocycles. The van der Waals surface area contributed by atoms with E-state index in [1.54, 1.807) is 0 Å². The Balaban J connectivity index is 1.44. The Morgan fingerprint density at radius 1 is 1.17 bits per heavy atom. The van der Waals surface area contributed by atoms with Crippen LogP contribution >= 0.6 is 15.9 Å². The summed E-state index contributed by atoms with van der Waals surface area (Å²) in [6, 6.07) is 5.76. The fourth-order valence-electron chi connectivity index (χ4n) is 5.63. The van der Waals surface area contributed by atoms with Gasteiger partial charge < -0.3 is 9.84 Å². The van der Waals surface area contributed by atoms with Gasteiger partial charge in [0.15, 0.2) is 11.4 Å². The maximum Gasteiger partial charge on any atom is 0.231 e. The number of rotatable bonds is 2. The quantitative estimate of drug-likeness (QED) is 0.825. The van der Waals surface area contributed by atoms with Crippen LogP contribution in [0.15, 0.2) is 27.2 Å². The minimum Gasteiger partial charge on any atom is -0.354 e. The number of hydrogen-bond acceptors (Lipinski definition) is 3. The predicted octanol–water partition coefficient (Wildman–Crippen LogP) is 4.75. The molecule has 120 valence electrons. The number of halogens is 1. The van der Waals surface area contributed by atoms with Crippen molar-refractivity contribution < 1.29 is 9.32 Å². The van der Waals surface area contributed by atoms with E-state index in [4.69, 9.17) is 4.52 Å². The van der Waals surface area contributed by atoms with Crippen LogP contribution in [-0.4, -0.2) is 11.1 Å². The molecule has 0 saturated heterocycles. The number of benzene rings is 1. The fourth-order valence-corrected chi connectivity index (χ4v) is 5.97. The third kappa shape index (κ3) is 2.16. The van der Waals surface area contributed by atoms with Crippen molar-refractivity contribution in [3.8, 4) is 0 Å². The van der Waals surface area contributed by atoms with Crippen LogP contribution in [0.2, 0.25) is 0 Å². The summed E-state index contributed by atoms with van der Waals surface area (Å²) in [6.45, 7) is 0. The van der Waals surface area contributed by atoms with E-state index >= 15 is 0 Å². The van der Waals surface area contributed by atoms with Gasteiger partial charge in [0.25, 0.3) is 0 Å². The highest BCUT2D eigenvalue weighted by atomic mass is 79.9. The molecule has 4 fully saturated rings. The maximum absolute atomic E-state index is 13.1. The van der Waals surface area contributed by atoms with E-state index in [1.807, 2.05) is 18.2 Å². The van der Waals surface area contributed by atoms with Gasteiger partial charge in [0.1, 0.15) is 0 Å². The fraction of sp³-hybridized carbons (Fsp3) is 0.556. The molecule has 1 aromatic heterocycles. The van der Waals surface area contributed by atoms with E-state index < -0.39 is 0 Å². The van der Waals surface area contributed by atoms with Crippen LogP contribution in [0.4, 0.5) is 5.82 Å². The standard InChI is InChI=1S/C18H19BrN2O2/c19-13-1-2-14-15(6-13)23-21-16(14)20-17(22)18-7-10-3-11(8-18)5-12(4-10)9-18/h1-2,6,10-12H,3-5,7-9H2,(H,20,21,22). The summed E-state index contributed by atoms with van der Waals surface area (Å²) in [5.41, 5.74) is 0.537. The molecule has 5 heteroatoms. The highest BCUT2D eigenvalue weighted by Gasteiger charge is 2.54. The molecule has 4 aliphatic rings. The molecule has 23 heavy (non-hydrogen) atoms. The van der Waals surface area contributed by atoms with E-state index in [2.05, 4.69) is 26.4 Å². The lowest BCUT2D eigenvalue weighted by molar-refractivity contribution is -0.140. The third-order valence-corrected chi connectivity index (χ3v) is 6.68. The molecule has 6 rings (SSSR count). The number of amides is 1. The van der Waals surface area contributed by atoms with E-state index in [0.717, 1.165) is 46.9 Å². The Morgan fingerprint density at radius 2 is 1.83 bits per heavy atom. The molecule has 4 aliphatic carbocycles. The lowest BCUT2D eigenvalue weighted by Crippen LogP contribution is -2.51. The average Bonchev–Trinajstić information content (AvgIpc) is 2.88. The third-order valence-electron chi connectivity index (χ3n) is 6.19. The summed E-state index contributed by atoms with van der Waals surface area (Å²) in [7, 11) is 0. The zero-order chi connectivity index (χ0) is 15.6. The second-order valence-electron chi connectivity index (χ2n) is 7.82. The monoisotopic (exact) mass is 374 g/mol. The number of nitrogens with one attached hydrogen (secondary N) is 1. The molecular weight excluding hydrogens is 356 g/mol. The molecule has 1 aromatic carbocycles. The predicted molar refractivity (Wildman–Crippen MR) is 90.9 cm³/mol. The number of carbonyl (C=O) groups is 1. The van der Waals surface area contributed by atoms with Crippen LogP contribution in [-0.2, 0) is 4.79 Å². The lowest BCUT2D eigenvalue weighted by Gasteiger charge is -2.55. The summed E-state index contributed by atoms with van der Waals surface area (Å²) in [6.07, 6.45) is 7.21. The van der Waals surface area contributed by atoms with Crippen molar-refractivity contribution in [1.29, 1.82) is 0 Å². The van der Waals surface area contributed by atoms with Crippen LogP contribution in [0, 0.1) is 23.2 Å². The largest absolute Gasteiger partial charge is 0.354 e. The van der Waals surface area contributed by atoms with Crippen molar-refractivity contribution in [1.82, 2.24) is 5.16 Å². The molecule has 0 aliphatic heterocycles. The summed E-state index contributed by atoms with van der Waals surface area (Å²) in [5, 5.41) is 8.03. The van der Waals surface area contributed by atoms with Gasteiger partial charge in [-0.2, -0.15) is 0 Å². The van der Waals surface area contributed by atoms with Crippen molar-refractivity contribution in [3.05, 3.63) is 22.7 Å². The van der Waals surface area contributed by atoms with Crippen LogP contribution in [0.25, 0.3) is 11.0 Å². The molecule has 0 atom stereocenters. The Bertz CT molecular complexity index is 762. The number of aromatic nitrogens is 1. The minimum atomic E-state index is -0.157. The molecule has 1 N–H and O–H groups in total. The number of anilines is 1. The molecule has 0 radical (unpaired) electrons. The van der Waals surface area contributed by atoms with Crippen molar-refractivity contribution >= 4 is 38.6 Å². The van der Waals surface area contributed by atoms with E-state index in [0.29, 0.717) is 11.4 Å². The molecule has 1 amide bonds. The van der Waals surface area contributed by atoms with Crippen molar-refractivity contribution in [2.24, 2.45) is 23.2 Å². The molecule has 2 aromatic rings. The highest BCUT2D eigenvalue weighted by molar-refractivity contribution is 9.10. The first kappa shape index (κ1) is 14.0. The Morgan fingerprint density at radius 3 is 2.48 bits per heavy atom. The van der Waals surface area contributed by atoms with Gasteiger partial charge in [-0.1, -0.05) is 21.1 Å². The van der Waals surface area contributed by atoms with E-state index in [-0.39, 0.29) is 11.3 Å². The first-order valence-corrected chi connectivity index (χ1v) is 9.27. The topological polar surface area (TPSA) is 55.1 Å². The lowest BCUT2D eigenvalue weighted by atomic mass is 9.49. The molecular formula is C18H19BrN2O2. The minimum absolute atomic E-state index is 0.157. The van der Waals surface area contributed by atoms with Gasteiger partial charge in [-0.25, -0.2) is 0 Å². The van der Waals surface area contributed by atoms with Crippen molar-refractivity contribution in [2.75, 3.05) is 5.32 Å². The van der Waals surface area contributed by atoms with E-state index in [9.17, 15) is 4.79 Å². The Hall–Kier alpha value is -1.36. The van der Waals surface area contributed by atoms with Crippen LogP contribution < -0.4 is 5.32 Å². The molecule has 4 nitrogen and oxygen atoms in total. The molecule has 4 bridgehead atoms. The molecule has 0 spiro atoms. The van der Waals surface area contributed by atoms with Gasteiger partial charge in [-0.05, 0) is 74.5 Å². The Kier molecular flexibility index (Phi) is 2.94. The highest BCUT2D eigenvalue weighted by Crippen LogP contribution is 2.60. The second-order valence-corrected chi connectivity index (χ2v) is 8.74. The first-order valence-electron chi connectivity index (χ1n) is 8.48. The molecule has 4 saturated carbocycles. The maximum atomic E-state index is 13.1. The average molecular weight is 375 g/mol. The SMILES string of the molecule is O=C(Nc1noc2cc(Br)ccc12)C12CC3CC(CC(C3)C1)C2. The summed E-state index contributed by atoms with van der Waals surface area (Å²) < 4.78 is 6.30. The summed E-state index contributed by atoms with van der Waals surface area (Å²) >= 11 is 3.43. The van der Waals surface area contributed by atoms with Gasteiger partial charge in [0, 0.05) is 4.47 Å². The van der Waals surface area contributed by atoms with Gasteiger partial charge >= 0.3 is 0 Å². The number of fused-ring (bicyclic) bond motifs is 1. The van der Waals surface area contributed by atoms with Crippen molar-refractivity contribution in [3.63, 3.8) is 0 Å². The number of hydrogen-bond donors (Lipinski definition) is 1. The van der Waals surface area contributed by atoms with Crippen LogP contribution in [0.5, 0.6) is 0 Å². The van der Waals surface area contributed by atoms with Crippen LogP contribution in [0.3, 0.4) is 0 Å². The van der Waals surface area contributed by atoms with Crippen molar-refractivity contribution in [2.45, 2.75) is 38.5 Å². The summed E-state index contributed by atoms with van der Waals surface area (Å²) in [5.74, 6) is 3.01. The number of nitrogens with zero attached hydrogens (tertiary/aromatic N) is 1. The van der Waals surface area contributed by atoms with Gasteiger partial charge in [0.2, 0.25) is 5.91 Å². The Labute approximate surface area is 143 Å². The number of carbonyl (C=O) groups excluding carboxylic acids is 1. The normalized spacial score (nSPS) is 34.9. The van der Waals surface area contributed by atoms with Gasteiger partial charge in [-0.3, -0.25) is 4.79 Å². The first-order chi connectivity index (χ1) is 11.1. The zero-order valence-electron chi connectivity index (χ0n) is 12.8. The van der Waals surface area contributed by atoms with E-state index in [1.165, 1.54) is 19.3 Å². The molecule has 0 unspecified atom stereocenters. The summed E-state index contributed by atoms with van der Waals surface area (Å²) in [4.78, 5) is 13.1.